The number of ether oxygens (including phenoxy) is 1. The highest BCUT2D eigenvalue weighted by Gasteiger charge is 2.51. The van der Waals surface area contributed by atoms with Crippen molar-refractivity contribution in [2.75, 3.05) is 25.4 Å². The molecule has 19 heavy (non-hydrogen) atoms. The Balaban J connectivity index is 1.57. The summed E-state index contributed by atoms with van der Waals surface area (Å²) < 4.78 is 5.92. The molecule has 5 heteroatoms. The van der Waals surface area contributed by atoms with E-state index >= 15 is 0 Å². The molecule has 1 amide bonds. The van der Waals surface area contributed by atoms with Crippen LogP contribution in [0, 0.1) is 0 Å². The average Bonchev–Trinajstić information content (AvgIpc) is 2.82. The molecule has 0 N–H and O–H groups in total. The molecule has 2 aliphatic rings. The lowest BCUT2D eigenvalue weighted by Gasteiger charge is -2.47. The normalized spacial score (nSPS) is 24.5. The summed E-state index contributed by atoms with van der Waals surface area (Å²) in [5.74, 6) is 1.10. The van der Waals surface area contributed by atoms with Gasteiger partial charge >= 0.3 is 0 Å². The fourth-order valence-corrected chi connectivity index (χ4v) is 4.36. The maximum Gasteiger partial charge on any atom is 0.272 e. The van der Waals surface area contributed by atoms with Crippen molar-refractivity contribution in [3.63, 3.8) is 0 Å². The molecule has 0 radical (unpaired) electrons. The molecule has 1 spiro atoms. The number of likely N-dealkylation sites (tertiary alicyclic amines) is 1. The standard InChI is InChI=1S/C14H18N2O2S/c1-2-18-11-7-14(19-8-11)9-16(10-14)13(17)12-5-3-4-6-15-12/h3-6,11H,2,7-10H2,1H3/t11-/m1/s1. The van der Waals surface area contributed by atoms with Crippen LogP contribution in [0.5, 0.6) is 0 Å². The molecule has 0 saturated carbocycles. The quantitative estimate of drug-likeness (QED) is 0.846. The van der Waals surface area contributed by atoms with Gasteiger partial charge in [0.1, 0.15) is 5.69 Å². The predicted octanol–water partition coefficient (Wildman–Crippen LogP) is 1.82. The van der Waals surface area contributed by atoms with Crippen molar-refractivity contribution in [1.82, 2.24) is 9.88 Å². The lowest BCUT2D eigenvalue weighted by Crippen LogP contribution is -2.60. The summed E-state index contributed by atoms with van der Waals surface area (Å²) >= 11 is 1.96. The van der Waals surface area contributed by atoms with Crippen LogP contribution in [0.4, 0.5) is 0 Å². The zero-order chi connectivity index (χ0) is 13.3. The summed E-state index contributed by atoms with van der Waals surface area (Å²) in [6.07, 6.45) is 3.09. The summed E-state index contributed by atoms with van der Waals surface area (Å²) in [5.41, 5.74) is 0.543. The first kappa shape index (κ1) is 12.9. The van der Waals surface area contributed by atoms with Gasteiger partial charge in [0.2, 0.25) is 0 Å². The summed E-state index contributed by atoms with van der Waals surface area (Å²) in [4.78, 5) is 18.2. The highest BCUT2D eigenvalue weighted by molar-refractivity contribution is 8.01. The minimum Gasteiger partial charge on any atom is -0.378 e. The number of hydrogen-bond acceptors (Lipinski definition) is 4. The van der Waals surface area contributed by atoms with Gasteiger partial charge < -0.3 is 9.64 Å². The fourth-order valence-electron chi connectivity index (χ4n) is 2.81. The summed E-state index contributed by atoms with van der Waals surface area (Å²) in [5, 5.41) is 0. The van der Waals surface area contributed by atoms with Crippen LogP contribution in [0.2, 0.25) is 0 Å². The number of carbonyl (C=O) groups is 1. The highest BCUT2D eigenvalue weighted by Crippen LogP contribution is 2.46. The summed E-state index contributed by atoms with van der Waals surface area (Å²) in [7, 11) is 0. The predicted molar refractivity (Wildman–Crippen MR) is 75.4 cm³/mol. The van der Waals surface area contributed by atoms with E-state index in [1.807, 2.05) is 35.7 Å². The van der Waals surface area contributed by atoms with Gasteiger partial charge in [0.15, 0.2) is 0 Å². The maximum atomic E-state index is 12.2. The van der Waals surface area contributed by atoms with Crippen LogP contribution in [-0.4, -0.2) is 52.1 Å². The van der Waals surface area contributed by atoms with Gasteiger partial charge in [0.05, 0.1) is 10.9 Å². The second kappa shape index (κ2) is 5.13. The minimum atomic E-state index is 0.0479. The van der Waals surface area contributed by atoms with E-state index in [-0.39, 0.29) is 10.7 Å². The molecule has 1 aromatic rings. The molecule has 3 heterocycles. The third-order valence-corrected chi connectivity index (χ3v) is 5.28. The van der Waals surface area contributed by atoms with Crippen LogP contribution >= 0.6 is 11.8 Å². The zero-order valence-corrected chi connectivity index (χ0v) is 11.9. The minimum absolute atomic E-state index is 0.0479. The topological polar surface area (TPSA) is 42.4 Å². The van der Waals surface area contributed by atoms with Gasteiger partial charge in [-0.1, -0.05) is 6.07 Å². The SMILES string of the molecule is CCO[C@H]1CSC2(C1)CN(C(=O)c1ccccn1)C2. The Labute approximate surface area is 117 Å². The number of amides is 1. The Kier molecular flexibility index (Phi) is 3.50. The summed E-state index contributed by atoms with van der Waals surface area (Å²) in [6.45, 7) is 4.47. The van der Waals surface area contributed by atoms with Crippen LogP contribution < -0.4 is 0 Å². The third-order valence-electron chi connectivity index (χ3n) is 3.71. The van der Waals surface area contributed by atoms with Crippen LogP contribution in [0.15, 0.2) is 24.4 Å². The molecule has 0 aromatic carbocycles. The molecule has 2 aliphatic heterocycles. The molecule has 0 unspecified atom stereocenters. The smallest absolute Gasteiger partial charge is 0.272 e. The molecule has 102 valence electrons. The largest absolute Gasteiger partial charge is 0.378 e. The van der Waals surface area contributed by atoms with Gasteiger partial charge in [-0.05, 0) is 25.5 Å². The van der Waals surface area contributed by atoms with E-state index in [1.165, 1.54) is 0 Å². The Bertz CT molecular complexity index is 460. The maximum absolute atomic E-state index is 12.2. The Morgan fingerprint density at radius 1 is 1.58 bits per heavy atom. The van der Waals surface area contributed by atoms with E-state index in [0.29, 0.717) is 11.8 Å². The van der Waals surface area contributed by atoms with Crippen LogP contribution in [0.25, 0.3) is 0 Å². The molecule has 1 aromatic heterocycles. The van der Waals surface area contributed by atoms with E-state index in [0.717, 1.165) is 31.9 Å². The van der Waals surface area contributed by atoms with Crippen molar-refractivity contribution >= 4 is 17.7 Å². The number of thioether (sulfide) groups is 1. The van der Waals surface area contributed by atoms with E-state index in [4.69, 9.17) is 4.74 Å². The van der Waals surface area contributed by atoms with Gasteiger partial charge in [-0.25, -0.2) is 0 Å². The van der Waals surface area contributed by atoms with Crippen LogP contribution in [0.1, 0.15) is 23.8 Å². The molecule has 0 aliphatic carbocycles. The highest BCUT2D eigenvalue weighted by atomic mass is 32.2. The number of rotatable bonds is 3. The first-order chi connectivity index (χ1) is 9.22. The van der Waals surface area contributed by atoms with E-state index in [9.17, 15) is 4.79 Å². The molecule has 4 nitrogen and oxygen atoms in total. The Morgan fingerprint density at radius 2 is 2.42 bits per heavy atom. The van der Waals surface area contributed by atoms with Crippen LogP contribution in [0.3, 0.4) is 0 Å². The van der Waals surface area contributed by atoms with Crippen molar-refractivity contribution in [3.8, 4) is 0 Å². The number of pyridine rings is 1. The van der Waals surface area contributed by atoms with Gasteiger partial charge in [0.25, 0.3) is 5.91 Å². The van der Waals surface area contributed by atoms with Crippen molar-refractivity contribution in [2.24, 2.45) is 0 Å². The second-order valence-electron chi connectivity index (χ2n) is 5.15. The van der Waals surface area contributed by atoms with Crippen molar-refractivity contribution in [3.05, 3.63) is 30.1 Å². The third kappa shape index (κ3) is 2.49. The van der Waals surface area contributed by atoms with Crippen molar-refractivity contribution < 1.29 is 9.53 Å². The number of aromatic nitrogens is 1. The van der Waals surface area contributed by atoms with Gasteiger partial charge in [-0.3, -0.25) is 9.78 Å². The van der Waals surface area contributed by atoms with E-state index in [2.05, 4.69) is 4.98 Å². The number of hydrogen-bond donors (Lipinski definition) is 0. The van der Waals surface area contributed by atoms with Crippen molar-refractivity contribution in [1.29, 1.82) is 0 Å². The summed E-state index contributed by atoms with van der Waals surface area (Å²) in [6, 6.07) is 5.46. The van der Waals surface area contributed by atoms with Gasteiger partial charge in [0, 0.05) is 31.6 Å². The molecule has 2 fully saturated rings. The molecule has 1 atom stereocenters. The van der Waals surface area contributed by atoms with Gasteiger partial charge in [-0.15, -0.1) is 11.8 Å². The monoisotopic (exact) mass is 278 g/mol. The number of nitrogens with zero attached hydrogens (tertiary/aromatic N) is 2. The second-order valence-corrected chi connectivity index (χ2v) is 6.64. The first-order valence-corrected chi connectivity index (χ1v) is 7.67. The van der Waals surface area contributed by atoms with Crippen LogP contribution in [-0.2, 0) is 4.74 Å². The fraction of sp³-hybridized carbons (Fsp3) is 0.571. The van der Waals surface area contributed by atoms with E-state index < -0.39 is 0 Å². The lowest BCUT2D eigenvalue weighted by atomic mass is 9.92. The van der Waals surface area contributed by atoms with Gasteiger partial charge in [-0.2, -0.15) is 0 Å². The average molecular weight is 278 g/mol. The lowest BCUT2D eigenvalue weighted by molar-refractivity contribution is 0.0355. The number of carbonyl (C=O) groups excluding carboxylic acids is 1. The zero-order valence-electron chi connectivity index (χ0n) is 11.0. The molecular weight excluding hydrogens is 260 g/mol. The molecule has 2 saturated heterocycles. The first-order valence-electron chi connectivity index (χ1n) is 6.68. The molecular formula is C14H18N2O2S. The van der Waals surface area contributed by atoms with Crippen molar-refractivity contribution in [2.45, 2.75) is 24.2 Å². The van der Waals surface area contributed by atoms with E-state index in [1.54, 1.807) is 12.3 Å². The molecule has 0 bridgehead atoms. The Morgan fingerprint density at radius 3 is 3.11 bits per heavy atom. The Hall–Kier alpha value is -1.07. The molecule has 3 rings (SSSR count).